The molecule has 3 rings (SSSR count). The van der Waals surface area contributed by atoms with Gasteiger partial charge in [-0.25, -0.2) is 15.0 Å². The Morgan fingerprint density at radius 3 is 2.59 bits per heavy atom. The van der Waals surface area contributed by atoms with E-state index in [0.29, 0.717) is 11.6 Å². The Morgan fingerprint density at radius 1 is 1.31 bits per heavy atom. The monoisotopic (exact) mass is 466 g/mol. The van der Waals surface area contributed by atoms with Crippen molar-refractivity contribution in [2.45, 2.75) is 31.6 Å². The summed E-state index contributed by atoms with van der Waals surface area (Å²) in [6, 6.07) is 0.167. The molecule has 0 amide bonds. The highest BCUT2D eigenvalue weighted by molar-refractivity contribution is 7.96. The van der Waals surface area contributed by atoms with Crippen LogP contribution >= 0.6 is 34.9 Å². The standard InChI is InChI=1S/C17H22ClF3N6S2/c1-26(2)9-12-24-15(17(19,20)21)14(29-12)13-11(18)8-22-16(25-13)23-10-4-6-27(28-3)7-5-10/h8,10H,4-7,9H2,1-3H3,(H,22,23,25). The third-order valence-corrected chi connectivity index (χ3v) is 6.60. The smallest absolute Gasteiger partial charge is 0.351 e. The second kappa shape index (κ2) is 9.34. The van der Waals surface area contributed by atoms with Crippen LogP contribution in [0.15, 0.2) is 6.20 Å². The van der Waals surface area contributed by atoms with Crippen molar-refractivity contribution in [1.29, 1.82) is 0 Å². The maximum atomic E-state index is 13.6. The molecule has 160 valence electrons. The highest BCUT2D eigenvalue weighted by Crippen LogP contribution is 2.42. The molecule has 29 heavy (non-hydrogen) atoms. The van der Waals surface area contributed by atoms with Gasteiger partial charge in [0.2, 0.25) is 5.95 Å². The van der Waals surface area contributed by atoms with E-state index in [1.54, 1.807) is 30.9 Å². The number of hydrogen-bond donors (Lipinski definition) is 1. The highest BCUT2D eigenvalue weighted by atomic mass is 35.5. The number of nitrogens with one attached hydrogen (secondary N) is 1. The number of halogens is 4. The van der Waals surface area contributed by atoms with E-state index in [2.05, 4.69) is 24.6 Å². The predicted octanol–water partition coefficient (Wildman–Crippen LogP) is 4.49. The molecule has 0 bridgehead atoms. The SMILES string of the molecule is CSN1CCC(Nc2ncc(Cl)c(-c3sc(CN(C)C)nc3C(F)(F)F)n2)CC1. The molecule has 1 fully saturated rings. The molecule has 0 unspecified atom stereocenters. The average molecular weight is 467 g/mol. The molecular weight excluding hydrogens is 445 g/mol. The van der Waals surface area contributed by atoms with Crippen LogP contribution in [0.3, 0.4) is 0 Å². The molecule has 0 aromatic carbocycles. The lowest BCUT2D eigenvalue weighted by Gasteiger charge is -2.30. The van der Waals surface area contributed by atoms with Gasteiger partial charge >= 0.3 is 6.18 Å². The molecule has 3 heterocycles. The van der Waals surface area contributed by atoms with Crippen LogP contribution in [0.5, 0.6) is 0 Å². The van der Waals surface area contributed by atoms with Crippen LogP contribution in [-0.4, -0.2) is 63.6 Å². The zero-order chi connectivity index (χ0) is 21.2. The summed E-state index contributed by atoms with van der Waals surface area (Å²) in [5.41, 5.74) is -0.903. The van der Waals surface area contributed by atoms with Crippen LogP contribution < -0.4 is 5.32 Å². The number of nitrogens with zero attached hydrogens (tertiary/aromatic N) is 5. The van der Waals surface area contributed by atoms with Crippen molar-refractivity contribution in [2.24, 2.45) is 0 Å². The fourth-order valence-corrected chi connectivity index (χ4v) is 5.04. The first-order valence-corrected chi connectivity index (χ1v) is 11.3. The molecule has 0 radical (unpaired) electrons. The number of thiazole rings is 1. The van der Waals surface area contributed by atoms with Gasteiger partial charge in [-0.15, -0.1) is 11.3 Å². The third kappa shape index (κ3) is 5.72. The Kier molecular flexibility index (Phi) is 7.26. The van der Waals surface area contributed by atoms with Gasteiger partial charge in [-0.05, 0) is 33.2 Å². The predicted molar refractivity (Wildman–Crippen MR) is 112 cm³/mol. The van der Waals surface area contributed by atoms with Crippen molar-refractivity contribution >= 4 is 40.8 Å². The largest absolute Gasteiger partial charge is 0.434 e. The second-order valence-corrected chi connectivity index (χ2v) is 9.31. The van der Waals surface area contributed by atoms with E-state index in [9.17, 15) is 13.2 Å². The number of anilines is 1. The van der Waals surface area contributed by atoms with Crippen molar-refractivity contribution in [1.82, 2.24) is 24.2 Å². The normalized spacial score (nSPS) is 16.6. The van der Waals surface area contributed by atoms with Crippen molar-refractivity contribution in [3.63, 3.8) is 0 Å². The molecule has 2 aromatic heterocycles. The molecule has 0 aliphatic carbocycles. The molecule has 0 saturated carbocycles. The van der Waals surface area contributed by atoms with Crippen LogP contribution in [0.2, 0.25) is 5.02 Å². The van der Waals surface area contributed by atoms with Gasteiger partial charge in [0.15, 0.2) is 5.69 Å². The second-order valence-electron chi connectivity index (χ2n) is 6.94. The molecule has 12 heteroatoms. The molecule has 0 atom stereocenters. The summed E-state index contributed by atoms with van der Waals surface area (Å²) < 4.78 is 43.0. The highest BCUT2D eigenvalue weighted by Gasteiger charge is 2.39. The summed E-state index contributed by atoms with van der Waals surface area (Å²) in [5.74, 6) is 0.280. The van der Waals surface area contributed by atoms with E-state index >= 15 is 0 Å². The minimum absolute atomic E-state index is 0.0561. The minimum atomic E-state index is -4.59. The minimum Gasteiger partial charge on any atom is -0.351 e. The topological polar surface area (TPSA) is 57.2 Å². The van der Waals surface area contributed by atoms with E-state index < -0.39 is 11.9 Å². The van der Waals surface area contributed by atoms with Gasteiger partial charge in [0.1, 0.15) is 10.7 Å². The zero-order valence-corrected chi connectivity index (χ0v) is 18.6. The van der Waals surface area contributed by atoms with E-state index in [0.717, 1.165) is 37.3 Å². The van der Waals surface area contributed by atoms with Gasteiger partial charge in [-0.2, -0.15) is 13.2 Å². The lowest BCUT2D eigenvalue weighted by atomic mass is 10.1. The molecule has 2 aromatic rings. The Bertz CT molecular complexity index is 837. The summed E-state index contributed by atoms with van der Waals surface area (Å²) in [5, 5.41) is 3.66. The summed E-state index contributed by atoms with van der Waals surface area (Å²) in [6.45, 7) is 2.16. The quantitative estimate of drug-likeness (QED) is 0.629. The van der Waals surface area contributed by atoms with Crippen LogP contribution in [0.25, 0.3) is 10.6 Å². The van der Waals surface area contributed by atoms with Gasteiger partial charge in [0, 0.05) is 25.7 Å². The number of hydrogen-bond acceptors (Lipinski definition) is 8. The first kappa shape index (κ1) is 22.5. The summed E-state index contributed by atoms with van der Waals surface area (Å²) >= 11 is 8.85. The van der Waals surface area contributed by atoms with Crippen LogP contribution in [0.4, 0.5) is 19.1 Å². The average Bonchev–Trinajstić information content (AvgIpc) is 3.07. The first-order valence-electron chi connectivity index (χ1n) is 8.97. The Hall–Kier alpha value is -1.14. The Balaban J connectivity index is 1.89. The van der Waals surface area contributed by atoms with Crippen molar-refractivity contribution < 1.29 is 13.2 Å². The molecular formula is C17H22ClF3N6S2. The molecule has 1 N–H and O–H groups in total. The molecule has 1 aliphatic heterocycles. The van der Waals surface area contributed by atoms with Crippen LogP contribution in [0, 0.1) is 0 Å². The third-order valence-electron chi connectivity index (χ3n) is 4.40. The number of aromatic nitrogens is 3. The van der Waals surface area contributed by atoms with Crippen molar-refractivity contribution in [3.05, 3.63) is 21.9 Å². The van der Waals surface area contributed by atoms with Gasteiger partial charge in [-0.3, -0.25) is 4.31 Å². The Labute approximate surface area is 181 Å². The van der Waals surface area contributed by atoms with Crippen LogP contribution in [0.1, 0.15) is 23.5 Å². The maximum Gasteiger partial charge on any atom is 0.434 e. The molecule has 6 nitrogen and oxygen atoms in total. The summed E-state index contributed by atoms with van der Waals surface area (Å²) in [7, 11) is 3.55. The van der Waals surface area contributed by atoms with E-state index in [1.807, 2.05) is 6.26 Å². The van der Waals surface area contributed by atoms with Crippen molar-refractivity contribution in [3.8, 4) is 10.6 Å². The molecule has 1 aliphatic rings. The maximum absolute atomic E-state index is 13.6. The molecule has 1 saturated heterocycles. The first-order chi connectivity index (χ1) is 13.7. The van der Waals surface area contributed by atoms with Crippen molar-refractivity contribution in [2.75, 3.05) is 38.8 Å². The lowest BCUT2D eigenvalue weighted by molar-refractivity contribution is -0.140. The fraction of sp³-hybridized carbons (Fsp3) is 0.588. The van der Waals surface area contributed by atoms with Gasteiger partial charge < -0.3 is 10.2 Å². The molecule has 0 spiro atoms. The van der Waals surface area contributed by atoms with Gasteiger partial charge in [-0.1, -0.05) is 23.5 Å². The number of alkyl halides is 3. The van der Waals surface area contributed by atoms with E-state index in [-0.39, 0.29) is 27.6 Å². The van der Waals surface area contributed by atoms with Gasteiger partial charge in [0.05, 0.1) is 16.1 Å². The number of piperidine rings is 1. The van der Waals surface area contributed by atoms with Crippen LogP contribution in [-0.2, 0) is 12.7 Å². The lowest BCUT2D eigenvalue weighted by Crippen LogP contribution is -2.35. The summed E-state index contributed by atoms with van der Waals surface area (Å²) in [6.07, 6.45) is 0.602. The fourth-order valence-electron chi connectivity index (χ4n) is 3.02. The Morgan fingerprint density at radius 2 is 2.00 bits per heavy atom. The van der Waals surface area contributed by atoms with E-state index in [4.69, 9.17) is 11.6 Å². The zero-order valence-electron chi connectivity index (χ0n) is 16.3. The van der Waals surface area contributed by atoms with E-state index in [1.165, 1.54) is 6.20 Å². The summed E-state index contributed by atoms with van der Waals surface area (Å²) in [4.78, 5) is 14.0. The van der Waals surface area contributed by atoms with Gasteiger partial charge in [0.25, 0.3) is 0 Å². The number of rotatable bonds is 6.